The summed E-state index contributed by atoms with van der Waals surface area (Å²) in [6.45, 7) is 0.219. The standard InChI is InChI=1S/C22H13Cl4N3O4/c23-13-7-14(24)9-16(8-13)32-15-3-1-11(2-4-15)10-27-21(31)22-28-20(29-33-22)12-5-17(25)19(30)18(26)6-12/h1-9,30H,10H2,(H,27,31). The molecule has 0 spiro atoms. The first-order valence-corrected chi connectivity index (χ1v) is 10.8. The Morgan fingerprint density at radius 3 is 2.21 bits per heavy atom. The highest BCUT2D eigenvalue weighted by molar-refractivity contribution is 6.37. The molecular weight excluding hydrogens is 512 g/mol. The zero-order valence-corrected chi connectivity index (χ0v) is 19.5. The number of aromatic hydroxyl groups is 1. The highest BCUT2D eigenvalue weighted by atomic mass is 35.5. The maximum Gasteiger partial charge on any atom is 0.316 e. The van der Waals surface area contributed by atoms with Crippen LogP contribution in [0.5, 0.6) is 17.2 Å². The number of nitrogens with one attached hydrogen (secondary N) is 1. The van der Waals surface area contributed by atoms with E-state index in [1.165, 1.54) is 12.1 Å². The fourth-order valence-corrected chi connectivity index (χ4v) is 3.78. The van der Waals surface area contributed by atoms with Crippen molar-refractivity contribution < 1.29 is 19.2 Å². The number of carbonyl (C=O) groups excluding carboxylic acids is 1. The van der Waals surface area contributed by atoms with Crippen LogP contribution in [0, 0.1) is 0 Å². The lowest BCUT2D eigenvalue weighted by Gasteiger charge is -2.08. The summed E-state index contributed by atoms with van der Waals surface area (Å²) in [5.74, 6) is 0.151. The van der Waals surface area contributed by atoms with Gasteiger partial charge in [-0.15, -0.1) is 0 Å². The monoisotopic (exact) mass is 523 g/mol. The number of hydrogen-bond donors (Lipinski definition) is 2. The molecule has 0 unspecified atom stereocenters. The van der Waals surface area contributed by atoms with E-state index < -0.39 is 5.91 Å². The molecule has 0 aliphatic carbocycles. The van der Waals surface area contributed by atoms with E-state index in [1.54, 1.807) is 42.5 Å². The van der Waals surface area contributed by atoms with Crippen molar-refractivity contribution in [1.29, 1.82) is 0 Å². The quantitative estimate of drug-likeness (QED) is 0.288. The molecule has 0 fully saturated rings. The smallest absolute Gasteiger partial charge is 0.316 e. The maximum absolute atomic E-state index is 12.4. The van der Waals surface area contributed by atoms with E-state index in [-0.39, 0.29) is 34.1 Å². The first-order chi connectivity index (χ1) is 15.8. The van der Waals surface area contributed by atoms with Crippen LogP contribution in [-0.2, 0) is 6.54 Å². The van der Waals surface area contributed by atoms with Gasteiger partial charge >= 0.3 is 11.8 Å². The second-order valence-electron chi connectivity index (χ2n) is 6.75. The number of carbonyl (C=O) groups is 1. The molecule has 0 aliphatic heterocycles. The first kappa shape index (κ1) is 23.2. The Labute approximate surface area is 207 Å². The van der Waals surface area contributed by atoms with Crippen molar-refractivity contribution in [2.75, 3.05) is 0 Å². The SMILES string of the molecule is O=C(NCc1ccc(Oc2cc(Cl)cc(Cl)c2)cc1)c1nc(-c2cc(Cl)c(O)c(Cl)c2)no1. The van der Waals surface area contributed by atoms with E-state index in [2.05, 4.69) is 15.5 Å². The molecule has 33 heavy (non-hydrogen) atoms. The molecule has 1 amide bonds. The van der Waals surface area contributed by atoms with Crippen molar-refractivity contribution >= 4 is 52.3 Å². The van der Waals surface area contributed by atoms with Gasteiger partial charge in [0, 0.05) is 22.2 Å². The van der Waals surface area contributed by atoms with Crippen LogP contribution in [0.15, 0.2) is 59.1 Å². The number of rotatable bonds is 6. The van der Waals surface area contributed by atoms with Gasteiger partial charge in [0.2, 0.25) is 5.82 Å². The second kappa shape index (κ2) is 9.89. The molecule has 0 bridgehead atoms. The van der Waals surface area contributed by atoms with Crippen LogP contribution in [0.4, 0.5) is 0 Å². The number of benzene rings is 3. The minimum Gasteiger partial charge on any atom is -0.505 e. The van der Waals surface area contributed by atoms with Gasteiger partial charge in [0.05, 0.1) is 10.0 Å². The number of phenols is 1. The third-order valence-electron chi connectivity index (χ3n) is 4.34. The first-order valence-electron chi connectivity index (χ1n) is 9.31. The van der Waals surface area contributed by atoms with Gasteiger partial charge in [-0.3, -0.25) is 4.79 Å². The van der Waals surface area contributed by atoms with Crippen LogP contribution >= 0.6 is 46.4 Å². The molecule has 0 saturated carbocycles. The predicted molar refractivity (Wildman–Crippen MR) is 126 cm³/mol. The minimum absolute atomic E-state index is 0.0270. The van der Waals surface area contributed by atoms with Gasteiger partial charge in [-0.1, -0.05) is 63.7 Å². The summed E-state index contributed by atoms with van der Waals surface area (Å²) in [4.78, 5) is 16.4. The van der Waals surface area contributed by atoms with Crippen LogP contribution in [0.25, 0.3) is 11.4 Å². The molecule has 2 N–H and O–H groups in total. The Hall–Kier alpha value is -2.97. The maximum atomic E-state index is 12.4. The van der Waals surface area contributed by atoms with Crippen molar-refractivity contribution in [3.05, 3.63) is 86.1 Å². The Balaban J connectivity index is 1.37. The van der Waals surface area contributed by atoms with Crippen LogP contribution in [0.1, 0.15) is 16.2 Å². The molecular formula is C22H13Cl4N3O4. The molecule has 168 valence electrons. The summed E-state index contributed by atoms with van der Waals surface area (Å²) in [7, 11) is 0. The highest BCUT2D eigenvalue weighted by Gasteiger charge is 2.18. The van der Waals surface area contributed by atoms with Gasteiger partial charge in [-0.05, 0) is 48.0 Å². The number of nitrogens with zero attached hydrogens (tertiary/aromatic N) is 2. The van der Waals surface area contributed by atoms with Crippen molar-refractivity contribution in [3.63, 3.8) is 0 Å². The molecule has 0 aliphatic rings. The average Bonchev–Trinajstić information content (AvgIpc) is 3.26. The van der Waals surface area contributed by atoms with Crippen molar-refractivity contribution in [2.45, 2.75) is 6.54 Å². The summed E-state index contributed by atoms with van der Waals surface area (Å²) in [5, 5.41) is 17.1. The van der Waals surface area contributed by atoms with Crippen LogP contribution < -0.4 is 10.1 Å². The predicted octanol–water partition coefficient (Wildman–Crippen LogP) is 6.78. The minimum atomic E-state index is -0.557. The van der Waals surface area contributed by atoms with Crippen LogP contribution in [0.3, 0.4) is 0 Å². The number of amides is 1. The Morgan fingerprint density at radius 1 is 0.939 bits per heavy atom. The number of ether oxygens (including phenoxy) is 1. The van der Waals surface area contributed by atoms with Gasteiger partial charge in [0.1, 0.15) is 11.5 Å². The van der Waals surface area contributed by atoms with Gasteiger partial charge in [0.25, 0.3) is 0 Å². The zero-order valence-electron chi connectivity index (χ0n) is 16.5. The van der Waals surface area contributed by atoms with Crippen molar-refractivity contribution in [2.24, 2.45) is 0 Å². The van der Waals surface area contributed by atoms with E-state index in [9.17, 15) is 9.90 Å². The fourth-order valence-electron chi connectivity index (χ4n) is 2.78. The van der Waals surface area contributed by atoms with E-state index >= 15 is 0 Å². The van der Waals surface area contributed by atoms with Gasteiger partial charge in [-0.2, -0.15) is 4.98 Å². The normalized spacial score (nSPS) is 10.8. The lowest BCUT2D eigenvalue weighted by molar-refractivity contribution is 0.0907. The largest absolute Gasteiger partial charge is 0.505 e. The molecule has 4 rings (SSSR count). The number of halogens is 4. The van der Waals surface area contributed by atoms with Gasteiger partial charge in [-0.25, -0.2) is 0 Å². The van der Waals surface area contributed by atoms with Gasteiger partial charge < -0.3 is 19.7 Å². The van der Waals surface area contributed by atoms with Crippen LogP contribution in [-0.4, -0.2) is 21.2 Å². The molecule has 0 atom stereocenters. The zero-order chi connectivity index (χ0) is 23.5. The Kier molecular flexibility index (Phi) is 6.95. The third kappa shape index (κ3) is 5.69. The molecule has 11 heteroatoms. The molecule has 7 nitrogen and oxygen atoms in total. The second-order valence-corrected chi connectivity index (χ2v) is 8.43. The average molecular weight is 525 g/mol. The third-order valence-corrected chi connectivity index (χ3v) is 5.36. The number of phenolic OH excluding ortho intramolecular Hbond substituents is 1. The van der Waals surface area contributed by atoms with E-state index in [0.717, 1.165) is 5.56 Å². The summed E-state index contributed by atoms with van der Waals surface area (Å²) < 4.78 is 10.8. The Bertz CT molecular complexity index is 1280. The topological polar surface area (TPSA) is 97.5 Å². The molecule has 0 radical (unpaired) electrons. The van der Waals surface area contributed by atoms with Crippen molar-refractivity contribution in [3.8, 4) is 28.6 Å². The molecule has 3 aromatic carbocycles. The van der Waals surface area contributed by atoms with Crippen LogP contribution in [0.2, 0.25) is 20.1 Å². The fraction of sp³-hybridized carbons (Fsp3) is 0.0455. The summed E-state index contributed by atoms with van der Waals surface area (Å²) >= 11 is 23.8. The molecule has 1 heterocycles. The van der Waals surface area contributed by atoms with Crippen molar-refractivity contribution in [1.82, 2.24) is 15.5 Å². The van der Waals surface area contributed by atoms with E-state index in [1.807, 2.05) is 0 Å². The molecule has 1 aromatic heterocycles. The highest BCUT2D eigenvalue weighted by Crippen LogP contribution is 2.35. The lowest BCUT2D eigenvalue weighted by atomic mass is 10.2. The van der Waals surface area contributed by atoms with Gasteiger partial charge in [0.15, 0.2) is 5.75 Å². The number of aromatic nitrogens is 2. The lowest BCUT2D eigenvalue weighted by Crippen LogP contribution is -2.23. The summed E-state index contributed by atoms with van der Waals surface area (Å²) in [5.41, 5.74) is 1.21. The molecule has 0 saturated heterocycles. The Morgan fingerprint density at radius 2 is 1.58 bits per heavy atom. The number of hydrogen-bond acceptors (Lipinski definition) is 6. The van der Waals surface area contributed by atoms with E-state index in [4.69, 9.17) is 55.7 Å². The summed E-state index contributed by atoms with van der Waals surface area (Å²) in [6, 6.07) is 14.8. The molecule has 4 aromatic rings. The van der Waals surface area contributed by atoms with E-state index in [0.29, 0.717) is 27.1 Å². The summed E-state index contributed by atoms with van der Waals surface area (Å²) in [6.07, 6.45) is 0.